The number of nitrogens with zero attached hydrogens (tertiary/aromatic N) is 1. The van der Waals surface area contributed by atoms with Gasteiger partial charge in [0.15, 0.2) is 6.35 Å². The van der Waals surface area contributed by atoms with Gasteiger partial charge in [0.05, 0.1) is 6.54 Å². The summed E-state index contributed by atoms with van der Waals surface area (Å²) in [6.07, 6.45) is 8.89. The quantitative estimate of drug-likeness (QED) is 0.117. The number of carbonyl (C=O) groups is 2. The highest BCUT2D eigenvalue weighted by atomic mass is 16.3. The van der Waals surface area contributed by atoms with Crippen molar-refractivity contribution in [2.45, 2.75) is 51.3 Å². The Morgan fingerprint density at radius 3 is 2.19 bits per heavy atom. The van der Waals surface area contributed by atoms with Crippen LogP contribution < -0.4 is 27.4 Å². The molecule has 8 N–H and O–H groups in total. The van der Waals surface area contributed by atoms with Gasteiger partial charge in [-0.1, -0.05) is 5.92 Å². The topological polar surface area (TPSA) is 146 Å². The van der Waals surface area contributed by atoms with Crippen LogP contribution in [0.3, 0.4) is 0 Å². The summed E-state index contributed by atoms with van der Waals surface area (Å²) in [7, 11) is 0. The summed E-state index contributed by atoms with van der Waals surface area (Å²) in [5.74, 6) is 2.22. The highest BCUT2D eigenvalue weighted by Gasteiger charge is 2.20. The molecule has 0 saturated carbocycles. The van der Waals surface area contributed by atoms with E-state index in [0.29, 0.717) is 58.4 Å². The Kier molecular flexibility index (Phi) is 16.3. The molecule has 0 spiro atoms. The Labute approximate surface area is 162 Å². The molecule has 0 aliphatic rings. The number of nitrogens with one attached hydrogen (secondary N) is 3. The molecular weight excluding hydrogens is 348 g/mol. The minimum absolute atomic E-state index is 0.147. The van der Waals surface area contributed by atoms with Crippen LogP contribution in [-0.2, 0) is 4.79 Å². The first-order valence-electron chi connectivity index (χ1n) is 9.63. The second-order valence-electron chi connectivity index (χ2n) is 6.18. The maximum atomic E-state index is 12.3. The van der Waals surface area contributed by atoms with Crippen molar-refractivity contribution in [3.63, 3.8) is 0 Å². The molecule has 0 radical (unpaired) electrons. The molecule has 0 bridgehead atoms. The highest BCUT2D eigenvalue weighted by Crippen LogP contribution is 2.05. The first-order valence-corrected chi connectivity index (χ1v) is 9.63. The van der Waals surface area contributed by atoms with Crippen LogP contribution in [0.4, 0.5) is 4.79 Å². The van der Waals surface area contributed by atoms with E-state index in [0.717, 1.165) is 19.3 Å². The van der Waals surface area contributed by atoms with E-state index in [9.17, 15) is 14.7 Å². The van der Waals surface area contributed by atoms with E-state index >= 15 is 0 Å². The molecule has 9 nitrogen and oxygen atoms in total. The summed E-state index contributed by atoms with van der Waals surface area (Å²) >= 11 is 0. The van der Waals surface area contributed by atoms with E-state index in [1.807, 2.05) is 0 Å². The van der Waals surface area contributed by atoms with Crippen molar-refractivity contribution in [2.75, 3.05) is 39.3 Å². The number of aliphatic hydroxyl groups excluding tert-OH is 1. The van der Waals surface area contributed by atoms with E-state index in [4.69, 9.17) is 17.9 Å². The average Bonchev–Trinajstić information content (AvgIpc) is 2.66. The monoisotopic (exact) mass is 384 g/mol. The maximum absolute atomic E-state index is 12.3. The van der Waals surface area contributed by atoms with Gasteiger partial charge < -0.3 is 32.1 Å². The smallest absolute Gasteiger partial charge is 0.314 e. The molecule has 0 aliphatic carbocycles. The Hall–Kier alpha value is -1.86. The van der Waals surface area contributed by atoms with Crippen LogP contribution in [0.1, 0.15) is 44.9 Å². The Balaban J connectivity index is 4.14. The minimum atomic E-state index is -1.12. The van der Waals surface area contributed by atoms with E-state index < -0.39 is 6.35 Å². The number of aliphatic hydroxyl groups is 1. The number of hydrogen-bond donors (Lipinski definition) is 6. The van der Waals surface area contributed by atoms with Gasteiger partial charge in [0, 0.05) is 26.1 Å². The second kappa shape index (κ2) is 17.5. The molecule has 0 heterocycles. The molecule has 0 fully saturated rings. The fourth-order valence-electron chi connectivity index (χ4n) is 2.35. The number of unbranched alkanes of at least 4 members (excludes halogenated alkanes) is 3. The van der Waals surface area contributed by atoms with Gasteiger partial charge >= 0.3 is 6.03 Å². The van der Waals surface area contributed by atoms with Gasteiger partial charge in [0.25, 0.3) is 0 Å². The molecule has 0 rings (SSSR count). The third kappa shape index (κ3) is 13.9. The molecule has 27 heavy (non-hydrogen) atoms. The molecule has 156 valence electrons. The summed E-state index contributed by atoms with van der Waals surface area (Å²) in [6.45, 7) is 2.78. The molecule has 0 aliphatic heterocycles. The van der Waals surface area contributed by atoms with Crippen molar-refractivity contribution < 1.29 is 14.7 Å². The van der Waals surface area contributed by atoms with Crippen molar-refractivity contribution in [3.05, 3.63) is 0 Å². The fraction of sp³-hybridized carbons (Fsp3) is 0.778. The van der Waals surface area contributed by atoms with Gasteiger partial charge in [-0.05, 0) is 51.6 Å². The predicted octanol–water partition coefficient (Wildman–Crippen LogP) is -0.739. The molecule has 9 heteroatoms. The standard InChI is InChI=1S/C18H36N6O3/c1-2-12-23-18(27)24(16(25)9-3-4-10-19)15-8-7-14-22-17(26)21-13-6-5-11-20/h1,18,23,27H,3-15,19-20H2,(H2,21,22,26). The number of hydrogen-bond acceptors (Lipinski definition) is 6. The number of amides is 3. The fourth-order valence-corrected chi connectivity index (χ4v) is 2.35. The summed E-state index contributed by atoms with van der Waals surface area (Å²) in [4.78, 5) is 25.3. The van der Waals surface area contributed by atoms with Crippen LogP contribution in [0, 0.1) is 12.3 Å². The van der Waals surface area contributed by atoms with Gasteiger partial charge in [0.1, 0.15) is 0 Å². The van der Waals surface area contributed by atoms with E-state index in [1.54, 1.807) is 0 Å². The van der Waals surface area contributed by atoms with Crippen molar-refractivity contribution in [1.29, 1.82) is 0 Å². The third-order valence-electron chi connectivity index (χ3n) is 3.87. The first-order chi connectivity index (χ1) is 13.1. The highest BCUT2D eigenvalue weighted by molar-refractivity contribution is 5.76. The lowest BCUT2D eigenvalue weighted by atomic mass is 10.2. The Bertz CT molecular complexity index is 441. The zero-order chi connectivity index (χ0) is 20.3. The minimum Gasteiger partial charge on any atom is -0.361 e. The zero-order valence-electron chi connectivity index (χ0n) is 16.2. The number of nitrogens with two attached hydrogens (primary N) is 2. The number of rotatable bonds is 16. The molecule has 0 aromatic carbocycles. The maximum Gasteiger partial charge on any atom is 0.314 e. The summed E-state index contributed by atoms with van der Waals surface area (Å²) in [5.41, 5.74) is 10.8. The lowest BCUT2D eigenvalue weighted by molar-refractivity contribution is -0.143. The van der Waals surface area contributed by atoms with E-state index in [1.165, 1.54) is 4.90 Å². The van der Waals surface area contributed by atoms with Crippen LogP contribution in [-0.4, -0.2) is 67.6 Å². The van der Waals surface area contributed by atoms with Crippen molar-refractivity contribution in [2.24, 2.45) is 11.5 Å². The molecule has 1 atom stereocenters. The van der Waals surface area contributed by atoms with Crippen molar-refractivity contribution in [1.82, 2.24) is 20.9 Å². The van der Waals surface area contributed by atoms with Crippen LogP contribution >= 0.6 is 0 Å². The number of carbonyl (C=O) groups excluding carboxylic acids is 2. The predicted molar refractivity (Wildman–Crippen MR) is 106 cm³/mol. The van der Waals surface area contributed by atoms with Gasteiger partial charge in [-0.2, -0.15) is 0 Å². The normalized spacial score (nSPS) is 11.5. The van der Waals surface area contributed by atoms with Crippen LogP contribution in [0.15, 0.2) is 0 Å². The van der Waals surface area contributed by atoms with E-state index in [2.05, 4.69) is 21.9 Å². The SMILES string of the molecule is C#CCNC(O)N(CCCCNC(=O)NCCCCN)C(=O)CCCCN. The van der Waals surface area contributed by atoms with Crippen molar-refractivity contribution in [3.8, 4) is 12.3 Å². The Morgan fingerprint density at radius 1 is 1.00 bits per heavy atom. The van der Waals surface area contributed by atoms with Gasteiger partial charge in [0.2, 0.25) is 5.91 Å². The molecule has 0 aromatic rings. The summed E-state index contributed by atoms with van der Waals surface area (Å²) < 4.78 is 0. The van der Waals surface area contributed by atoms with Crippen molar-refractivity contribution >= 4 is 11.9 Å². The zero-order valence-corrected chi connectivity index (χ0v) is 16.2. The largest absolute Gasteiger partial charge is 0.361 e. The summed E-state index contributed by atoms with van der Waals surface area (Å²) in [6, 6.07) is -0.211. The molecule has 0 saturated heterocycles. The van der Waals surface area contributed by atoms with Crippen LogP contribution in [0.2, 0.25) is 0 Å². The lowest BCUT2D eigenvalue weighted by Crippen LogP contribution is -2.49. The van der Waals surface area contributed by atoms with Gasteiger partial charge in [-0.3, -0.25) is 10.1 Å². The molecule has 1 unspecified atom stereocenters. The van der Waals surface area contributed by atoms with E-state index in [-0.39, 0.29) is 18.5 Å². The summed E-state index contributed by atoms with van der Waals surface area (Å²) in [5, 5.41) is 18.4. The Morgan fingerprint density at radius 2 is 1.59 bits per heavy atom. The molecule has 3 amide bonds. The van der Waals surface area contributed by atoms with Crippen LogP contribution in [0.5, 0.6) is 0 Å². The first kappa shape index (κ1) is 25.1. The second-order valence-corrected chi connectivity index (χ2v) is 6.18. The van der Waals surface area contributed by atoms with Gasteiger partial charge in [-0.15, -0.1) is 6.42 Å². The third-order valence-corrected chi connectivity index (χ3v) is 3.87. The number of terminal acetylenes is 1. The number of urea groups is 1. The van der Waals surface area contributed by atoms with Gasteiger partial charge in [-0.25, -0.2) is 4.79 Å². The molecular formula is C18H36N6O3. The average molecular weight is 385 g/mol. The molecule has 0 aromatic heterocycles. The van der Waals surface area contributed by atoms with Crippen LogP contribution in [0.25, 0.3) is 0 Å². The lowest BCUT2D eigenvalue weighted by Gasteiger charge is -2.28.